The van der Waals surface area contributed by atoms with Crippen molar-refractivity contribution in [3.05, 3.63) is 59.7 Å². The van der Waals surface area contributed by atoms with Crippen LogP contribution in [0.25, 0.3) is 0 Å². The Balaban J connectivity index is 2.43. The Hall–Kier alpha value is -2.65. The van der Waals surface area contributed by atoms with Crippen LogP contribution < -0.4 is 0 Å². The minimum absolute atomic E-state index is 0.00667. The van der Waals surface area contributed by atoms with Crippen molar-refractivity contribution in [3.8, 4) is 6.07 Å². The maximum atomic E-state index is 12.3. The minimum atomic E-state index is -3.71. The van der Waals surface area contributed by atoms with E-state index in [-0.39, 0.29) is 15.4 Å². The van der Waals surface area contributed by atoms with Crippen LogP contribution in [0.3, 0.4) is 0 Å². The number of hydrogen-bond donors (Lipinski definition) is 1. The second-order valence-electron chi connectivity index (χ2n) is 3.97. The summed E-state index contributed by atoms with van der Waals surface area (Å²) in [6.45, 7) is 0. The highest BCUT2D eigenvalue weighted by Gasteiger charge is 2.17. The van der Waals surface area contributed by atoms with Crippen molar-refractivity contribution < 1.29 is 18.3 Å². The number of carboxylic acids is 1. The van der Waals surface area contributed by atoms with Gasteiger partial charge in [-0.1, -0.05) is 0 Å². The van der Waals surface area contributed by atoms with E-state index in [9.17, 15) is 13.2 Å². The first-order chi connectivity index (χ1) is 9.45. The van der Waals surface area contributed by atoms with E-state index in [1.807, 2.05) is 6.07 Å². The predicted molar refractivity (Wildman–Crippen MR) is 70.0 cm³/mol. The number of carbonyl (C=O) groups is 1. The van der Waals surface area contributed by atoms with Gasteiger partial charge in [-0.2, -0.15) is 5.26 Å². The van der Waals surface area contributed by atoms with Gasteiger partial charge in [0.15, 0.2) is 0 Å². The van der Waals surface area contributed by atoms with Crippen LogP contribution >= 0.6 is 0 Å². The molecule has 5 nitrogen and oxygen atoms in total. The van der Waals surface area contributed by atoms with Gasteiger partial charge in [-0.15, -0.1) is 0 Å². The number of nitrogens with zero attached hydrogens (tertiary/aromatic N) is 1. The van der Waals surface area contributed by atoms with Gasteiger partial charge in [-0.05, 0) is 48.5 Å². The van der Waals surface area contributed by atoms with Crippen molar-refractivity contribution in [3.63, 3.8) is 0 Å². The first-order valence-corrected chi connectivity index (χ1v) is 7.02. The number of rotatable bonds is 3. The molecule has 0 saturated carbocycles. The van der Waals surface area contributed by atoms with Crippen LogP contribution in [-0.2, 0) is 9.84 Å². The summed E-state index contributed by atoms with van der Waals surface area (Å²) in [6, 6.07) is 12.4. The molecule has 0 fully saturated rings. The van der Waals surface area contributed by atoms with Gasteiger partial charge < -0.3 is 5.11 Å². The zero-order valence-corrected chi connectivity index (χ0v) is 11.0. The third kappa shape index (κ3) is 2.53. The molecular weight excluding hydrogens is 278 g/mol. The van der Waals surface area contributed by atoms with E-state index in [0.717, 1.165) is 0 Å². The molecule has 6 heteroatoms. The van der Waals surface area contributed by atoms with E-state index in [2.05, 4.69) is 0 Å². The maximum absolute atomic E-state index is 12.3. The topological polar surface area (TPSA) is 95.2 Å². The molecule has 0 radical (unpaired) electrons. The summed E-state index contributed by atoms with van der Waals surface area (Å²) in [5, 5.41) is 17.4. The van der Waals surface area contributed by atoms with Crippen LogP contribution in [0.15, 0.2) is 58.3 Å². The van der Waals surface area contributed by atoms with Crippen molar-refractivity contribution >= 4 is 15.8 Å². The average Bonchev–Trinajstić information content (AvgIpc) is 2.47. The fourth-order valence-electron chi connectivity index (χ4n) is 1.62. The molecule has 0 aliphatic heterocycles. The molecule has 0 spiro atoms. The highest BCUT2D eigenvalue weighted by Crippen LogP contribution is 2.21. The van der Waals surface area contributed by atoms with Crippen LogP contribution in [0, 0.1) is 11.3 Å². The number of hydrogen-bond acceptors (Lipinski definition) is 4. The summed E-state index contributed by atoms with van der Waals surface area (Å²) < 4.78 is 24.6. The Bertz CT molecular complexity index is 785. The molecule has 2 aromatic rings. The molecule has 0 heterocycles. The van der Waals surface area contributed by atoms with Gasteiger partial charge in [-0.3, -0.25) is 0 Å². The molecule has 0 aliphatic carbocycles. The molecule has 0 bridgehead atoms. The number of nitriles is 1. The molecule has 0 unspecified atom stereocenters. The molecule has 100 valence electrons. The van der Waals surface area contributed by atoms with E-state index in [1.54, 1.807) is 0 Å². The Morgan fingerprint density at radius 2 is 1.40 bits per heavy atom. The largest absolute Gasteiger partial charge is 0.478 e. The smallest absolute Gasteiger partial charge is 0.335 e. The van der Waals surface area contributed by atoms with Crippen LogP contribution in [-0.4, -0.2) is 19.5 Å². The van der Waals surface area contributed by atoms with Crippen LogP contribution in [0.4, 0.5) is 0 Å². The molecule has 0 saturated heterocycles. The number of benzene rings is 2. The van der Waals surface area contributed by atoms with Crippen LogP contribution in [0.2, 0.25) is 0 Å². The molecule has 0 amide bonds. The summed E-state index contributed by atoms with van der Waals surface area (Å²) in [5.74, 6) is -1.12. The standard InChI is InChI=1S/C14H9NO4S/c15-9-10-1-5-12(6-2-10)20(18,19)13-7-3-11(4-8-13)14(16)17/h1-8H,(H,16,17). The van der Waals surface area contributed by atoms with Gasteiger partial charge in [0.2, 0.25) is 9.84 Å². The van der Waals surface area contributed by atoms with E-state index >= 15 is 0 Å². The molecular formula is C14H9NO4S. The Morgan fingerprint density at radius 1 is 0.950 bits per heavy atom. The first kappa shape index (κ1) is 13.8. The maximum Gasteiger partial charge on any atom is 0.335 e. The summed E-state index contributed by atoms with van der Waals surface area (Å²) in [4.78, 5) is 10.8. The lowest BCUT2D eigenvalue weighted by Gasteiger charge is -2.05. The van der Waals surface area contributed by atoms with Gasteiger partial charge in [-0.25, -0.2) is 13.2 Å². The number of sulfone groups is 1. The van der Waals surface area contributed by atoms with Crippen molar-refractivity contribution in [1.29, 1.82) is 5.26 Å². The molecule has 20 heavy (non-hydrogen) atoms. The third-order valence-corrected chi connectivity index (χ3v) is 4.49. The van der Waals surface area contributed by atoms with E-state index in [4.69, 9.17) is 10.4 Å². The number of aromatic carboxylic acids is 1. The van der Waals surface area contributed by atoms with Crippen LogP contribution in [0.5, 0.6) is 0 Å². The van der Waals surface area contributed by atoms with Gasteiger partial charge in [0, 0.05) is 0 Å². The van der Waals surface area contributed by atoms with Crippen molar-refractivity contribution in [2.75, 3.05) is 0 Å². The van der Waals surface area contributed by atoms with E-state index in [1.165, 1.54) is 48.5 Å². The molecule has 1 N–H and O–H groups in total. The summed E-state index contributed by atoms with van der Waals surface area (Å²) >= 11 is 0. The SMILES string of the molecule is N#Cc1ccc(S(=O)(=O)c2ccc(C(=O)O)cc2)cc1. The minimum Gasteiger partial charge on any atom is -0.478 e. The van der Waals surface area contributed by atoms with E-state index < -0.39 is 15.8 Å². The fraction of sp³-hybridized carbons (Fsp3) is 0. The monoisotopic (exact) mass is 287 g/mol. The van der Waals surface area contributed by atoms with Crippen LogP contribution in [0.1, 0.15) is 15.9 Å². The zero-order chi connectivity index (χ0) is 14.8. The van der Waals surface area contributed by atoms with Crippen molar-refractivity contribution in [2.24, 2.45) is 0 Å². The second kappa shape index (κ2) is 5.15. The second-order valence-corrected chi connectivity index (χ2v) is 5.92. The van der Waals surface area contributed by atoms with Crippen molar-refractivity contribution in [2.45, 2.75) is 9.79 Å². The Labute approximate surface area is 115 Å². The normalized spacial score (nSPS) is 10.8. The molecule has 2 aromatic carbocycles. The van der Waals surface area contributed by atoms with Gasteiger partial charge in [0.25, 0.3) is 0 Å². The van der Waals surface area contributed by atoms with Gasteiger partial charge in [0.1, 0.15) is 0 Å². The zero-order valence-electron chi connectivity index (χ0n) is 10.1. The summed E-state index contributed by atoms with van der Waals surface area (Å²) in [7, 11) is -3.71. The Morgan fingerprint density at radius 3 is 1.80 bits per heavy atom. The lowest BCUT2D eigenvalue weighted by atomic mass is 10.2. The van der Waals surface area contributed by atoms with Gasteiger partial charge >= 0.3 is 5.97 Å². The Kier molecular flexibility index (Phi) is 3.55. The number of carboxylic acid groups (broad SMARTS) is 1. The van der Waals surface area contributed by atoms with E-state index in [0.29, 0.717) is 5.56 Å². The summed E-state index contributed by atoms with van der Waals surface area (Å²) in [6.07, 6.45) is 0. The average molecular weight is 287 g/mol. The molecule has 0 aromatic heterocycles. The highest BCUT2D eigenvalue weighted by molar-refractivity contribution is 7.91. The first-order valence-electron chi connectivity index (χ1n) is 5.54. The van der Waals surface area contributed by atoms with Gasteiger partial charge in [0.05, 0.1) is 27.0 Å². The lowest BCUT2D eigenvalue weighted by molar-refractivity contribution is 0.0696. The lowest BCUT2D eigenvalue weighted by Crippen LogP contribution is -2.03. The highest BCUT2D eigenvalue weighted by atomic mass is 32.2. The quantitative estimate of drug-likeness (QED) is 0.932. The molecule has 0 aliphatic rings. The molecule has 2 rings (SSSR count). The third-order valence-electron chi connectivity index (χ3n) is 2.71. The van der Waals surface area contributed by atoms with Crippen molar-refractivity contribution in [1.82, 2.24) is 0 Å². The fourth-order valence-corrected chi connectivity index (χ4v) is 2.88. The predicted octanol–water partition coefficient (Wildman–Crippen LogP) is 2.09. The summed E-state index contributed by atoms with van der Waals surface area (Å²) in [5.41, 5.74) is 0.383. The molecule has 0 atom stereocenters.